The number of carbonyl (C=O) groups is 2. The number of aryl methyl sites for hydroxylation is 2. The van der Waals surface area contributed by atoms with Crippen molar-refractivity contribution in [2.75, 3.05) is 26.0 Å². The SMILES string of the molecule is Cc1ccc(-c2nc(CCNC(=O)Nc3cc(C(=O)N(C)C)ccc3C)co2)cc1. The van der Waals surface area contributed by atoms with E-state index in [0.29, 0.717) is 30.1 Å². The number of rotatable bonds is 6. The van der Waals surface area contributed by atoms with Crippen LogP contribution in [0.4, 0.5) is 10.5 Å². The molecule has 30 heavy (non-hydrogen) atoms. The highest BCUT2D eigenvalue weighted by atomic mass is 16.3. The van der Waals surface area contributed by atoms with E-state index in [-0.39, 0.29) is 11.9 Å². The molecule has 0 atom stereocenters. The first kappa shape index (κ1) is 21.1. The molecule has 0 radical (unpaired) electrons. The van der Waals surface area contributed by atoms with Crippen LogP contribution in [-0.2, 0) is 6.42 Å². The summed E-state index contributed by atoms with van der Waals surface area (Å²) < 4.78 is 5.54. The fraction of sp³-hybridized carbons (Fsp3) is 0.261. The third-order valence-electron chi connectivity index (χ3n) is 4.66. The van der Waals surface area contributed by atoms with Crippen molar-refractivity contribution in [3.63, 3.8) is 0 Å². The topological polar surface area (TPSA) is 87.5 Å². The number of carbonyl (C=O) groups excluding carboxylic acids is 2. The van der Waals surface area contributed by atoms with Crippen LogP contribution >= 0.6 is 0 Å². The van der Waals surface area contributed by atoms with Gasteiger partial charge in [-0.3, -0.25) is 4.79 Å². The number of oxazole rings is 1. The highest BCUT2D eigenvalue weighted by Crippen LogP contribution is 2.20. The minimum Gasteiger partial charge on any atom is -0.444 e. The van der Waals surface area contributed by atoms with Crippen molar-refractivity contribution in [1.29, 1.82) is 0 Å². The fourth-order valence-electron chi connectivity index (χ4n) is 2.87. The van der Waals surface area contributed by atoms with E-state index in [9.17, 15) is 9.59 Å². The number of urea groups is 1. The largest absolute Gasteiger partial charge is 0.444 e. The molecule has 3 aromatic rings. The highest BCUT2D eigenvalue weighted by Gasteiger charge is 2.12. The van der Waals surface area contributed by atoms with E-state index < -0.39 is 0 Å². The Hall–Kier alpha value is -3.61. The van der Waals surface area contributed by atoms with E-state index in [2.05, 4.69) is 15.6 Å². The van der Waals surface area contributed by atoms with Crippen LogP contribution in [-0.4, -0.2) is 42.5 Å². The molecule has 0 spiro atoms. The van der Waals surface area contributed by atoms with Crippen molar-refractivity contribution in [2.45, 2.75) is 20.3 Å². The van der Waals surface area contributed by atoms with E-state index in [1.54, 1.807) is 32.5 Å². The van der Waals surface area contributed by atoms with Gasteiger partial charge in [-0.15, -0.1) is 0 Å². The zero-order chi connectivity index (χ0) is 21.7. The predicted octanol–water partition coefficient (Wildman–Crippen LogP) is 4.02. The molecule has 2 aromatic carbocycles. The van der Waals surface area contributed by atoms with Crippen molar-refractivity contribution in [3.05, 3.63) is 71.1 Å². The number of hydrogen-bond donors (Lipinski definition) is 2. The normalized spacial score (nSPS) is 10.5. The molecule has 0 saturated carbocycles. The fourth-order valence-corrected chi connectivity index (χ4v) is 2.87. The summed E-state index contributed by atoms with van der Waals surface area (Å²) in [5.74, 6) is 0.446. The summed E-state index contributed by atoms with van der Waals surface area (Å²) in [5, 5.41) is 5.61. The van der Waals surface area contributed by atoms with Gasteiger partial charge >= 0.3 is 6.03 Å². The van der Waals surface area contributed by atoms with Crippen LogP contribution in [0.2, 0.25) is 0 Å². The average molecular weight is 406 g/mol. The Morgan fingerprint density at radius 2 is 1.80 bits per heavy atom. The first-order valence-electron chi connectivity index (χ1n) is 9.72. The first-order chi connectivity index (χ1) is 14.3. The summed E-state index contributed by atoms with van der Waals surface area (Å²) in [6.07, 6.45) is 2.15. The Kier molecular flexibility index (Phi) is 6.51. The van der Waals surface area contributed by atoms with Gasteiger partial charge in [-0.25, -0.2) is 9.78 Å². The summed E-state index contributed by atoms with van der Waals surface area (Å²) >= 11 is 0. The average Bonchev–Trinajstić information content (AvgIpc) is 3.18. The first-order valence-corrected chi connectivity index (χ1v) is 9.72. The van der Waals surface area contributed by atoms with Crippen LogP contribution in [0.15, 0.2) is 53.1 Å². The van der Waals surface area contributed by atoms with E-state index >= 15 is 0 Å². The number of nitrogens with one attached hydrogen (secondary N) is 2. The van der Waals surface area contributed by atoms with Crippen molar-refractivity contribution in [1.82, 2.24) is 15.2 Å². The molecule has 1 aromatic heterocycles. The van der Waals surface area contributed by atoms with Gasteiger partial charge in [-0.05, 0) is 43.7 Å². The van der Waals surface area contributed by atoms with Gasteiger partial charge in [-0.1, -0.05) is 23.8 Å². The molecular formula is C23H26N4O3. The number of aromatic nitrogens is 1. The maximum absolute atomic E-state index is 12.3. The second-order valence-electron chi connectivity index (χ2n) is 7.37. The van der Waals surface area contributed by atoms with E-state index in [0.717, 1.165) is 16.8 Å². The Morgan fingerprint density at radius 3 is 2.50 bits per heavy atom. The van der Waals surface area contributed by atoms with Crippen molar-refractivity contribution in [3.8, 4) is 11.5 Å². The second kappa shape index (κ2) is 9.26. The lowest BCUT2D eigenvalue weighted by Gasteiger charge is -2.14. The Bertz CT molecular complexity index is 1040. The van der Waals surface area contributed by atoms with Crippen LogP contribution in [0.5, 0.6) is 0 Å². The van der Waals surface area contributed by atoms with Crippen LogP contribution in [0.25, 0.3) is 11.5 Å². The van der Waals surface area contributed by atoms with Crippen LogP contribution in [0, 0.1) is 13.8 Å². The standard InChI is InChI=1S/C23H26N4O3/c1-15-5-8-17(9-6-15)21-25-19(14-30-21)11-12-24-23(29)26-20-13-18(10-7-16(20)2)22(28)27(3)4/h5-10,13-14H,11-12H2,1-4H3,(H2,24,26,29). The minimum atomic E-state index is -0.338. The Labute approximate surface area is 176 Å². The van der Waals surface area contributed by atoms with Gasteiger partial charge in [0.1, 0.15) is 6.26 Å². The smallest absolute Gasteiger partial charge is 0.319 e. The summed E-state index contributed by atoms with van der Waals surface area (Å²) in [7, 11) is 3.38. The summed E-state index contributed by atoms with van der Waals surface area (Å²) in [4.78, 5) is 30.4. The Balaban J connectivity index is 1.54. The monoisotopic (exact) mass is 406 g/mol. The lowest BCUT2D eigenvalue weighted by Crippen LogP contribution is -2.31. The molecule has 0 bridgehead atoms. The minimum absolute atomic E-state index is 0.117. The zero-order valence-corrected chi connectivity index (χ0v) is 17.7. The summed E-state index contributed by atoms with van der Waals surface area (Å²) in [5.41, 5.74) is 4.85. The van der Waals surface area contributed by atoms with Crippen LogP contribution < -0.4 is 10.6 Å². The van der Waals surface area contributed by atoms with Gasteiger partial charge in [0.2, 0.25) is 5.89 Å². The maximum Gasteiger partial charge on any atom is 0.319 e. The quantitative estimate of drug-likeness (QED) is 0.647. The number of benzene rings is 2. The molecule has 0 fully saturated rings. The van der Waals surface area contributed by atoms with Gasteiger partial charge in [0.25, 0.3) is 5.91 Å². The molecule has 156 valence electrons. The van der Waals surface area contributed by atoms with Crippen molar-refractivity contribution in [2.24, 2.45) is 0 Å². The lowest BCUT2D eigenvalue weighted by atomic mass is 10.1. The lowest BCUT2D eigenvalue weighted by molar-refractivity contribution is 0.0827. The number of amides is 3. The molecule has 7 nitrogen and oxygen atoms in total. The zero-order valence-electron chi connectivity index (χ0n) is 17.7. The molecule has 0 saturated heterocycles. The molecule has 7 heteroatoms. The second-order valence-corrected chi connectivity index (χ2v) is 7.37. The van der Waals surface area contributed by atoms with E-state index in [4.69, 9.17) is 4.42 Å². The van der Waals surface area contributed by atoms with Crippen LogP contribution in [0.3, 0.4) is 0 Å². The number of hydrogen-bond acceptors (Lipinski definition) is 4. The number of anilines is 1. The van der Waals surface area contributed by atoms with E-state index in [1.165, 1.54) is 10.5 Å². The number of nitrogens with zero attached hydrogens (tertiary/aromatic N) is 2. The van der Waals surface area contributed by atoms with Gasteiger partial charge in [-0.2, -0.15) is 0 Å². The summed E-state index contributed by atoms with van der Waals surface area (Å²) in [6.45, 7) is 4.31. The third-order valence-corrected chi connectivity index (χ3v) is 4.66. The Morgan fingerprint density at radius 1 is 1.07 bits per heavy atom. The van der Waals surface area contributed by atoms with Gasteiger partial charge < -0.3 is 20.0 Å². The molecule has 1 heterocycles. The molecule has 0 aliphatic carbocycles. The van der Waals surface area contributed by atoms with Gasteiger partial charge in [0.05, 0.1) is 5.69 Å². The summed E-state index contributed by atoms with van der Waals surface area (Å²) in [6, 6.07) is 12.9. The van der Waals surface area contributed by atoms with Crippen molar-refractivity contribution >= 4 is 17.6 Å². The molecule has 0 aliphatic rings. The molecular weight excluding hydrogens is 380 g/mol. The highest BCUT2D eigenvalue weighted by molar-refractivity contribution is 5.97. The molecule has 0 aliphatic heterocycles. The van der Waals surface area contributed by atoms with Gasteiger partial charge in [0.15, 0.2) is 0 Å². The molecule has 3 rings (SSSR count). The molecule has 3 amide bonds. The third kappa shape index (κ3) is 5.26. The predicted molar refractivity (Wildman–Crippen MR) is 117 cm³/mol. The maximum atomic E-state index is 12.3. The van der Waals surface area contributed by atoms with Crippen molar-refractivity contribution < 1.29 is 14.0 Å². The molecule has 2 N–H and O–H groups in total. The van der Waals surface area contributed by atoms with E-state index in [1.807, 2.05) is 44.2 Å². The van der Waals surface area contributed by atoms with Gasteiger partial charge in [0, 0.05) is 43.9 Å². The van der Waals surface area contributed by atoms with Crippen LogP contribution in [0.1, 0.15) is 27.2 Å². The molecule has 0 unspecified atom stereocenters.